The molecule has 0 aliphatic carbocycles. The number of carbonyl (C=O) groups is 1. The van der Waals surface area contributed by atoms with Crippen molar-refractivity contribution in [3.63, 3.8) is 0 Å². The van der Waals surface area contributed by atoms with Gasteiger partial charge < -0.3 is 10.6 Å². The van der Waals surface area contributed by atoms with E-state index >= 15 is 0 Å². The molecule has 2 aromatic rings. The summed E-state index contributed by atoms with van der Waals surface area (Å²) in [7, 11) is 1.87. The summed E-state index contributed by atoms with van der Waals surface area (Å²) in [5.41, 5.74) is 2.33. The molecule has 0 saturated carbocycles. The second-order valence-electron chi connectivity index (χ2n) is 5.11. The third kappa shape index (κ3) is 5.90. The molecule has 1 amide bonds. The van der Waals surface area contributed by atoms with E-state index in [1.165, 1.54) is 5.56 Å². The SMILES string of the molecule is CNCCNC(=O)CSC(c1ccccc1)c1ccc(Cl)cc1. The molecular weight excluding hydrogens is 328 g/mol. The van der Waals surface area contributed by atoms with E-state index in [0.717, 1.165) is 17.1 Å². The Morgan fingerprint density at radius 1 is 1.04 bits per heavy atom. The van der Waals surface area contributed by atoms with E-state index in [1.807, 2.05) is 49.5 Å². The molecule has 0 fully saturated rings. The minimum absolute atomic E-state index is 0.0557. The van der Waals surface area contributed by atoms with Crippen molar-refractivity contribution in [1.82, 2.24) is 10.6 Å². The van der Waals surface area contributed by atoms with Crippen molar-refractivity contribution >= 4 is 29.3 Å². The maximum Gasteiger partial charge on any atom is 0.230 e. The molecule has 5 heteroatoms. The lowest BCUT2D eigenvalue weighted by molar-refractivity contribution is -0.118. The quantitative estimate of drug-likeness (QED) is 0.717. The lowest BCUT2D eigenvalue weighted by Gasteiger charge is -2.17. The first-order valence-corrected chi connectivity index (χ1v) is 8.96. The Bertz CT molecular complexity index is 604. The average Bonchev–Trinajstić information content (AvgIpc) is 2.58. The Labute approximate surface area is 146 Å². The van der Waals surface area contributed by atoms with Crippen molar-refractivity contribution < 1.29 is 4.79 Å². The lowest BCUT2D eigenvalue weighted by Crippen LogP contribution is -2.31. The molecule has 0 radical (unpaired) electrons. The lowest BCUT2D eigenvalue weighted by atomic mass is 10.0. The zero-order valence-electron chi connectivity index (χ0n) is 13.1. The van der Waals surface area contributed by atoms with Crippen LogP contribution in [-0.4, -0.2) is 31.8 Å². The molecule has 23 heavy (non-hydrogen) atoms. The highest BCUT2D eigenvalue weighted by Gasteiger charge is 2.16. The largest absolute Gasteiger partial charge is 0.354 e. The molecule has 2 aromatic carbocycles. The van der Waals surface area contributed by atoms with Crippen LogP contribution >= 0.6 is 23.4 Å². The van der Waals surface area contributed by atoms with Crippen LogP contribution in [0, 0.1) is 0 Å². The number of hydrogen-bond acceptors (Lipinski definition) is 3. The van der Waals surface area contributed by atoms with Gasteiger partial charge in [-0.05, 0) is 30.3 Å². The highest BCUT2D eigenvalue weighted by atomic mass is 35.5. The van der Waals surface area contributed by atoms with Gasteiger partial charge in [-0.25, -0.2) is 0 Å². The third-order valence-electron chi connectivity index (χ3n) is 3.35. The van der Waals surface area contributed by atoms with Crippen LogP contribution in [0.3, 0.4) is 0 Å². The summed E-state index contributed by atoms with van der Waals surface area (Å²) >= 11 is 7.61. The van der Waals surface area contributed by atoms with Gasteiger partial charge in [0.2, 0.25) is 5.91 Å². The first-order chi connectivity index (χ1) is 11.2. The molecule has 0 aromatic heterocycles. The van der Waals surface area contributed by atoms with Gasteiger partial charge in [0.15, 0.2) is 0 Å². The van der Waals surface area contributed by atoms with Crippen molar-refractivity contribution in [3.8, 4) is 0 Å². The fourth-order valence-corrected chi connectivity index (χ4v) is 3.43. The van der Waals surface area contributed by atoms with Crippen LogP contribution in [-0.2, 0) is 4.79 Å². The van der Waals surface area contributed by atoms with E-state index in [0.29, 0.717) is 12.3 Å². The highest BCUT2D eigenvalue weighted by molar-refractivity contribution is 8.00. The molecule has 122 valence electrons. The second kappa shape index (κ2) is 9.60. The zero-order valence-corrected chi connectivity index (χ0v) is 14.7. The topological polar surface area (TPSA) is 41.1 Å². The van der Waals surface area contributed by atoms with E-state index in [9.17, 15) is 4.79 Å². The van der Waals surface area contributed by atoms with Gasteiger partial charge in [0.25, 0.3) is 0 Å². The first kappa shape index (κ1) is 17.9. The number of rotatable bonds is 8. The minimum Gasteiger partial charge on any atom is -0.354 e. The van der Waals surface area contributed by atoms with Crippen molar-refractivity contribution in [3.05, 3.63) is 70.7 Å². The molecule has 0 spiro atoms. The zero-order chi connectivity index (χ0) is 16.5. The number of likely N-dealkylation sites (N-methyl/N-ethyl adjacent to an activating group) is 1. The maximum atomic E-state index is 12.0. The molecule has 0 aliphatic rings. The summed E-state index contributed by atoms with van der Waals surface area (Å²) in [5, 5.41) is 6.75. The number of thioether (sulfide) groups is 1. The molecule has 2 N–H and O–H groups in total. The minimum atomic E-state index is 0.0557. The van der Waals surface area contributed by atoms with Gasteiger partial charge in [-0.15, -0.1) is 11.8 Å². The maximum absolute atomic E-state index is 12.0. The van der Waals surface area contributed by atoms with Gasteiger partial charge in [0.05, 0.1) is 11.0 Å². The smallest absolute Gasteiger partial charge is 0.230 e. The van der Waals surface area contributed by atoms with Crippen molar-refractivity contribution in [2.24, 2.45) is 0 Å². The molecule has 1 unspecified atom stereocenters. The number of nitrogens with one attached hydrogen (secondary N) is 2. The van der Waals surface area contributed by atoms with Crippen LogP contribution in [0.1, 0.15) is 16.4 Å². The monoisotopic (exact) mass is 348 g/mol. The summed E-state index contributed by atoms with van der Waals surface area (Å²) in [5.74, 6) is 0.478. The highest BCUT2D eigenvalue weighted by Crippen LogP contribution is 2.35. The standard InChI is InChI=1S/C18H21ClN2OS/c1-20-11-12-21-17(22)13-23-18(14-5-3-2-4-6-14)15-7-9-16(19)10-8-15/h2-10,18,20H,11-13H2,1H3,(H,21,22). The van der Waals surface area contributed by atoms with Gasteiger partial charge in [-0.1, -0.05) is 54.1 Å². The van der Waals surface area contributed by atoms with Gasteiger partial charge in [-0.2, -0.15) is 0 Å². The fraction of sp³-hybridized carbons (Fsp3) is 0.278. The van der Waals surface area contributed by atoms with Crippen molar-refractivity contribution in [2.45, 2.75) is 5.25 Å². The predicted octanol–water partition coefficient (Wildman–Crippen LogP) is 3.50. The van der Waals surface area contributed by atoms with Crippen LogP contribution in [0.5, 0.6) is 0 Å². The number of carbonyl (C=O) groups excluding carboxylic acids is 1. The van der Waals surface area contributed by atoms with Gasteiger partial charge in [-0.3, -0.25) is 4.79 Å². The van der Waals surface area contributed by atoms with Crippen molar-refractivity contribution in [2.75, 3.05) is 25.9 Å². The molecular formula is C18H21ClN2OS. The van der Waals surface area contributed by atoms with Crippen LogP contribution in [0.4, 0.5) is 0 Å². The first-order valence-electron chi connectivity index (χ1n) is 7.54. The van der Waals surface area contributed by atoms with E-state index in [1.54, 1.807) is 11.8 Å². The van der Waals surface area contributed by atoms with Gasteiger partial charge in [0.1, 0.15) is 0 Å². The van der Waals surface area contributed by atoms with Crippen molar-refractivity contribution in [1.29, 1.82) is 0 Å². The Kier molecular flexibility index (Phi) is 7.46. The van der Waals surface area contributed by atoms with Gasteiger partial charge in [0, 0.05) is 18.1 Å². The molecule has 0 saturated heterocycles. The molecule has 0 aliphatic heterocycles. The number of hydrogen-bond donors (Lipinski definition) is 2. The summed E-state index contributed by atoms with van der Waals surface area (Å²) in [6.07, 6.45) is 0. The summed E-state index contributed by atoms with van der Waals surface area (Å²) < 4.78 is 0. The van der Waals surface area contributed by atoms with Crippen LogP contribution in [0.25, 0.3) is 0 Å². The number of halogens is 1. The van der Waals surface area contributed by atoms with Crippen LogP contribution < -0.4 is 10.6 Å². The van der Waals surface area contributed by atoms with E-state index < -0.39 is 0 Å². The Hall–Kier alpha value is -1.49. The normalized spacial score (nSPS) is 11.9. The molecule has 2 rings (SSSR count). The molecule has 3 nitrogen and oxygen atoms in total. The molecule has 0 bridgehead atoms. The van der Waals surface area contributed by atoms with Crippen LogP contribution in [0.2, 0.25) is 5.02 Å². The number of benzene rings is 2. The number of amides is 1. The van der Waals surface area contributed by atoms with Crippen LogP contribution in [0.15, 0.2) is 54.6 Å². The predicted molar refractivity (Wildman–Crippen MR) is 99.1 cm³/mol. The van der Waals surface area contributed by atoms with E-state index in [-0.39, 0.29) is 11.2 Å². The molecule has 1 atom stereocenters. The Morgan fingerprint density at radius 2 is 1.70 bits per heavy atom. The summed E-state index contributed by atoms with van der Waals surface area (Å²) in [6, 6.07) is 18.0. The Balaban J connectivity index is 2.06. The second-order valence-corrected chi connectivity index (χ2v) is 6.64. The summed E-state index contributed by atoms with van der Waals surface area (Å²) in [6.45, 7) is 1.42. The average molecular weight is 349 g/mol. The molecule has 0 heterocycles. The fourth-order valence-electron chi connectivity index (χ4n) is 2.19. The van der Waals surface area contributed by atoms with E-state index in [2.05, 4.69) is 22.8 Å². The Morgan fingerprint density at radius 3 is 2.35 bits per heavy atom. The third-order valence-corrected chi connectivity index (χ3v) is 4.91. The van der Waals surface area contributed by atoms with Gasteiger partial charge >= 0.3 is 0 Å². The van der Waals surface area contributed by atoms with E-state index in [4.69, 9.17) is 11.6 Å². The summed E-state index contributed by atoms with van der Waals surface area (Å²) in [4.78, 5) is 12.0.